The van der Waals surface area contributed by atoms with Crippen LogP contribution in [0.4, 0.5) is 0 Å². The van der Waals surface area contributed by atoms with Crippen molar-refractivity contribution in [2.24, 2.45) is 5.73 Å². The van der Waals surface area contributed by atoms with E-state index < -0.39 is 0 Å². The predicted octanol–water partition coefficient (Wildman–Crippen LogP) is 1.83. The van der Waals surface area contributed by atoms with Gasteiger partial charge in [0.25, 0.3) is 0 Å². The third kappa shape index (κ3) is 1.88. The minimum atomic E-state index is 0.256. The van der Waals surface area contributed by atoms with Crippen molar-refractivity contribution in [3.8, 4) is 17.0 Å². The van der Waals surface area contributed by atoms with Gasteiger partial charge in [-0.15, -0.1) is 0 Å². The normalized spacial score (nSPS) is 18.4. The highest BCUT2D eigenvalue weighted by atomic mass is 16.5. The van der Waals surface area contributed by atoms with Crippen LogP contribution < -0.4 is 10.5 Å². The molecule has 3 rings (SSSR count). The van der Waals surface area contributed by atoms with Crippen molar-refractivity contribution in [3.63, 3.8) is 0 Å². The fraction of sp³-hybridized carbons (Fsp3) is 0.357. The smallest absolute Gasteiger partial charge is 0.118 e. The monoisotopic (exact) mass is 243 g/mol. The summed E-state index contributed by atoms with van der Waals surface area (Å²) in [4.78, 5) is 4.52. The molecule has 1 atom stereocenters. The summed E-state index contributed by atoms with van der Waals surface area (Å²) < 4.78 is 7.38. The van der Waals surface area contributed by atoms with E-state index in [1.54, 1.807) is 7.11 Å². The SMILES string of the molecule is COc1ccc(-c2ncn3c2CC(N)CC3)cc1. The molecule has 1 aromatic carbocycles. The number of fused-ring (bicyclic) bond motifs is 1. The summed E-state index contributed by atoms with van der Waals surface area (Å²) in [6.07, 6.45) is 3.85. The summed E-state index contributed by atoms with van der Waals surface area (Å²) in [5, 5.41) is 0. The molecular formula is C14H17N3O. The minimum Gasteiger partial charge on any atom is -0.497 e. The highest BCUT2D eigenvalue weighted by Crippen LogP contribution is 2.27. The number of hydrogen-bond acceptors (Lipinski definition) is 3. The van der Waals surface area contributed by atoms with Crippen LogP contribution >= 0.6 is 0 Å². The number of methoxy groups -OCH3 is 1. The quantitative estimate of drug-likeness (QED) is 0.875. The Morgan fingerprint density at radius 1 is 1.33 bits per heavy atom. The molecule has 2 aromatic rings. The summed E-state index contributed by atoms with van der Waals surface area (Å²) in [7, 11) is 1.67. The Morgan fingerprint density at radius 2 is 2.11 bits per heavy atom. The van der Waals surface area contributed by atoms with Gasteiger partial charge in [-0.3, -0.25) is 0 Å². The van der Waals surface area contributed by atoms with Crippen molar-refractivity contribution >= 4 is 0 Å². The average Bonchev–Trinajstić information content (AvgIpc) is 2.82. The third-order valence-corrected chi connectivity index (χ3v) is 3.51. The van der Waals surface area contributed by atoms with E-state index in [1.165, 1.54) is 5.69 Å². The summed E-state index contributed by atoms with van der Waals surface area (Å²) >= 11 is 0. The zero-order valence-electron chi connectivity index (χ0n) is 10.5. The number of hydrogen-bond donors (Lipinski definition) is 1. The van der Waals surface area contributed by atoms with Gasteiger partial charge in [0.2, 0.25) is 0 Å². The standard InChI is InChI=1S/C14H17N3O/c1-18-12-4-2-10(3-5-12)14-13-8-11(15)6-7-17(13)9-16-14/h2-5,9,11H,6-8,15H2,1H3. The van der Waals surface area contributed by atoms with Crippen LogP contribution in [0.15, 0.2) is 30.6 Å². The highest BCUT2D eigenvalue weighted by Gasteiger charge is 2.20. The molecular weight excluding hydrogens is 226 g/mol. The van der Waals surface area contributed by atoms with Gasteiger partial charge in [0, 0.05) is 30.3 Å². The Morgan fingerprint density at radius 3 is 2.83 bits per heavy atom. The van der Waals surface area contributed by atoms with E-state index in [0.29, 0.717) is 0 Å². The molecule has 4 heteroatoms. The first kappa shape index (κ1) is 11.3. The first-order chi connectivity index (χ1) is 8.78. The van der Waals surface area contributed by atoms with Crippen molar-refractivity contribution in [1.29, 1.82) is 0 Å². The van der Waals surface area contributed by atoms with Crippen LogP contribution in [-0.4, -0.2) is 22.7 Å². The molecule has 0 amide bonds. The molecule has 0 fully saturated rings. The summed E-state index contributed by atoms with van der Waals surface area (Å²) in [5.41, 5.74) is 9.46. The van der Waals surface area contributed by atoms with Gasteiger partial charge in [0.15, 0.2) is 0 Å². The fourth-order valence-electron chi connectivity index (χ4n) is 2.46. The average molecular weight is 243 g/mol. The zero-order chi connectivity index (χ0) is 12.5. The Balaban J connectivity index is 1.98. The Kier molecular flexibility index (Phi) is 2.80. The molecule has 2 heterocycles. The third-order valence-electron chi connectivity index (χ3n) is 3.51. The predicted molar refractivity (Wildman–Crippen MR) is 70.5 cm³/mol. The van der Waals surface area contributed by atoms with Crippen LogP contribution in [0, 0.1) is 0 Å². The maximum absolute atomic E-state index is 6.04. The first-order valence-electron chi connectivity index (χ1n) is 6.22. The molecule has 0 aliphatic carbocycles. The number of nitrogens with two attached hydrogens (primary N) is 1. The summed E-state index contributed by atoms with van der Waals surface area (Å²) in [6.45, 7) is 0.972. The number of rotatable bonds is 2. The lowest BCUT2D eigenvalue weighted by atomic mass is 10.0. The molecule has 0 spiro atoms. The van der Waals surface area contributed by atoms with Crippen LogP contribution in [0.1, 0.15) is 12.1 Å². The Bertz CT molecular complexity index is 545. The Labute approximate surface area is 106 Å². The largest absolute Gasteiger partial charge is 0.497 e. The van der Waals surface area contributed by atoms with Crippen molar-refractivity contribution in [1.82, 2.24) is 9.55 Å². The van der Waals surface area contributed by atoms with E-state index in [0.717, 1.165) is 36.4 Å². The van der Waals surface area contributed by atoms with Gasteiger partial charge >= 0.3 is 0 Å². The molecule has 4 nitrogen and oxygen atoms in total. The van der Waals surface area contributed by atoms with Gasteiger partial charge in [-0.2, -0.15) is 0 Å². The van der Waals surface area contributed by atoms with Crippen LogP contribution in [-0.2, 0) is 13.0 Å². The second-order valence-corrected chi connectivity index (χ2v) is 4.71. The topological polar surface area (TPSA) is 53.1 Å². The maximum Gasteiger partial charge on any atom is 0.118 e. The lowest BCUT2D eigenvalue weighted by molar-refractivity contribution is 0.415. The summed E-state index contributed by atoms with van der Waals surface area (Å²) in [5.74, 6) is 0.864. The van der Waals surface area contributed by atoms with E-state index in [-0.39, 0.29) is 6.04 Å². The van der Waals surface area contributed by atoms with E-state index in [1.807, 2.05) is 30.6 Å². The van der Waals surface area contributed by atoms with Gasteiger partial charge in [0.1, 0.15) is 5.75 Å². The number of aromatic nitrogens is 2. The van der Waals surface area contributed by atoms with E-state index >= 15 is 0 Å². The van der Waals surface area contributed by atoms with Crippen LogP contribution in [0.2, 0.25) is 0 Å². The number of aryl methyl sites for hydroxylation is 1. The minimum absolute atomic E-state index is 0.256. The molecule has 0 saturated carbocycles. The molecule has 1 unspecified atom stereocenters. The molecule has 0 radical (unpaired) electrons. The van der Waals surface area contributed by atoms with E-state index in [9.17, 15) is 0 Å². The van der Waals surface area contributed by atoms with Gasteiger partial charge in [0.05, 0.1) is 19.1 Å². The van der Waals surface area contributed by atoms with Crippen LogP contribution in [0.25, 0.3) is 11.3 Å². The summed E-state index contributed by atoms with van der Waals surface area (Å²) in [6, 6.07) is 8.27. The second-order valence-electron chi connectivity index (χ2n) is 4.71. The molecule has 0 saturated heterocycles. The van der Waals surface area contributed by atoms with Crippen LogP contribution in [0.5, 0.6) is 5.75 Å². The highest BCUT2D eigenvalue weighted by molar-refractivity contribution is 5.63. The Hall–Kier alpha value is -1.81. The van der Waals surface area contributed by atoms with Crippen LogP contribution in [0.3, 0.4) is 0 Å². The number of ether oxygens (including phenoxy) is 1. The van der Waals surface area contributed by atoms with Crippen molar-refractivity contribution in [2.45, 2.75) is 25.4 Å². The van der Waals surface area contributed by atoms with E-state index in [4.69, 9.17) is 10.5 Å². The first-order valence-corrected chi connectivity index (χ1v) is 6.22. The van der Waals surface area contributed by atoms with Crippen molar-refractivity contribution in [3.05, 3.63) is 36.3 Å². The van der Waals surface area contributed by atoms with Gasteiger partial charge in [-0.05, 0) is 30.7 Å². The number of nitrogens with zero attached hydrogens (tertiary/aromatic N) is 2. The molecule has 1 aliphatic heterocycles. The molecule has 0 bridgehead atoms. The molecule has 18 heavy (non-hydrogen) atoms. The molecule has 1 aromatic heterocycles. The van der Waals surface area contributed by atoms with E-state index in [2.05, 4.69) is 9.55 Å². The molecule has 94 valence electrons. The van der Waals surface area contributed by atoms with Gasteiger partial charge in [-0.1, -0.05) is 0 Å². The molecule has 1 aliphatic rings. The zero-order valence-corrected chi connectivity index (χ0v) is 10.5. The maximum atomic E-state index is 6.04. The van der Waals surface area contributed by atoms with Crippen molar-refractivity contribution in [2.75, 3.05) is 7.11 Å². The molecule has 2 N–H and O–H groups in total. The fourth-order valence-corrected chi connectivity index (χ4v) is 2.46. The lowest BCUT2D eigenvalue weighted by Crippen LogP contribution is -2.30. The lowest BCUT2D eigenvalue weighted by Gasteiger charge is -2.21. The second kappa shape index (κ2) is 4.46. The number of imidazole rings is 1. The van der Waals surface area contributed by atoms with Gasteiger partial charge in [-0.25, -0.2) is 4.98 Å². The number of benzene rings is 1. The van der Waals surface area contributed by atoms with Gasteiger partial charge < -0.3 is 15.0 Å². The van der Waals surface area contributed by atoms with Crippen molar-refractivity contribution < 1.29 is 4.74 Å².